The molecule has 0 spiro atoms. The van der Waals surface area contributed by atoms with Gasteiger partial charge in [0.05, 0.1) is 99.7 Å². The third-order valence-electron chi connectivity index (χ3n) is 27.7. The Labute approximate surface area is 860 Å². The lowest BCUT2D eigenvalue weighted by molar-refractivity contribution is 0.0968. The van der Waals surface area contributed by atoms with Gasteiger partial charge in [-0.3, -0.25) is 44.0 Å². The van der Waals surface area contributed by atoms with Crippen LogP contribution in [0.3, 0.4) is 0 Å². The van der Waals surface area contributed by atoms with Gasteiger partial charge in [-0.2, -0.15) is 0 Å². The van der Waals surface area contributed by atoms with E-state index in [0.29, 0.717) is 114 Å². The van der Waals surface area contributed by atoms with Gasteiger partial charge in [-0.15, -0.1) is 0 Å². The lowest BCUT2D eigenvalue weighted by Crippen LogP contribution is -2.54. The molecule has 4 saturated heterocycles. The molecule has 2 atom stereocenters. The number of amides is 4. The Kier molecular flexibility index (Phi) is 33.1. The molecule has 8 aliphatic heterocycles. The molecule has 0 radical (unpaired) electrons. The number of hydrogen-bond donors (Lipinski definition) is 5. The summed E-state index contributed by atoms with van der Waals surface area (Å²) in [6.45, 7) is 18.6. The van der Waals surface area contributed by atoms with E-state index in [2.05, 4.69) is 104 Å². The molecule has 0 saturated carbocycles. The van der Waals surface area contributed by atoms with Gasteiger partial charge in [0.1, 0.15) is 29.1 Å². The van der Waals surface area contributed by atoms with E-state index >= 15 is 0 Å². The minimum Gasteiger partial charge on any atom is -0.497 e. The quantitative estimate of drug-likeness (QED) is 0.0418. The summed E-state index contributed by atoms with van der Waals surface area (Å²) in [5.41, 5.74) is 14.1. The average molecular weight is 2040 g/mol. The van der Waals surface area contributed by atoms with E-state index in [0.717, 1.165) is 142 Å². The van der Waals surface area contributed by atoms with Crippen molar-refractivity contribution >= 4 is 64.0 Å². The molecule has 8 heterocycles. The van der Waals surface area contributed by atoms with Gasteiger partial charge in [0.2, 0.25) is 0 Å². The minimum absolute atomic E-state index is 0.112. The van der Waals surface area contributed by atoms with Crippen LogP contribution < -0.4 is 79.2 Å². The second kappa shape index (κ2) is 47.0. The topological polar surface area (TPSA) is 271 Å². The predicted octanol–water partition coefficient (Wildman–Crippen LogP) is 18.3. The Morgan fingerprint density at radius 3 is 0.960 bits per heavy atom. The van der Waals surface area contributed by atoms with Crippen LogP contribution in [0.15, 0.2) is 220 Å². The number of nitrogens with zero attached hydrogens (tertiary/aromatic N) is 10. The number of carbonyl (C=O) groups excluding carboxylic acids is 4. The number of nitrogens with one attached hydrogen (secondary N) is 5. The first kappa shape index (κ1) is 105. The molecule has 34 heteroatoms. The highest BCUT2D eigenvalue weighted by molar-refractivity contribution is 6.17. The fraction of sp³-hybridized carbons (Fsp3) is 0.304. The molecule has 4 amide bonds. The molecule has 4 fully saturated rings. The number of halogens is 7. The fourth-order valence-corrected chi connectivity index (χ4v) is 19.6. The number of amidine groups is 4. The number of likely N-dealkylation sites (N-methyl/N-ethyl adjacent to an activating group) is 2. The maximum atomic E-state index is 15.0. The third-order valence-corrected chi connectivity index (χ3v) is 27.7. The molecule has 774 valence electrons. The number of aliphatic imine (C=N–C) groups is 4. The average Bonchev–Trinajstić information content (AvgIpc) is 1.74. The summed E-state index contributed by atoms with van der Waals surface area (Å²) in [6, 6.07) is 58.5. The maximum absolute atomic E-state index is 15.0. The van der Waals surface area contributed by atoms with E-state index in [1.807, 2.05) is 115 Å². The van der Waals surface area contributed by atoms with Crippen LogP contribution in [-0.4, -0.2) is 223 Å². The van der Waals surface area contributed by atoms with Gasteiger partial charge in [-0.05, 0) is 226 Å². The zero-order valence-electron chi connectivity index (χ0n) is 85.1. The smallest absolute Gasteiger partial charge is 0.256 e. The molecule has 0 bridgehead atoms. The standard InChI is InChI=1S/2C29H30F2N4O3.C29H31FN4O3.C28H27F2N3O3/c1-34-11-4-12-35(14-13-34)21-8-5-18(6-9-21)29(36)33-28-22-10-7-19(15-20(22)17-32-28)25-26(30)23(37-2)16-24(38-3)27(25)31;1-34-10-12-35(13-11-34)17-18-4-6-19(7-5-18)29(36)33-28-22-9-8-20(14-21(22)16-32-28)25-26(30)23(37-2)15-24(38-3)27(25)31;1-17-15-34(16-18(2)32-17)22-8-5-19(6-9-22)29(35)33-28-24-10-7-20(11-21(24)14-31-28)25-12-23(36-3)13-26(37-4)27(25)30;1-35-22-15-23(36-2)26(30)24(25(22)29)18-8-11-21-19(14-18)16-31-27(21)32-28(34)17-6-9-20(10-7-17)33-12-4-3-5-13-33/h5-10,15-16H,4,11-14,17H2,1-3H3,(H,32,33,36);4-9,14-15H,10-13,16-17H2,1-3H3,(H,32,33,36);5-13,17-18,32H,14-16H2,1-4H3,(H,31,33,35);6-11,14-15H,3-5,12-13,16H2,1-2H3,(H,31,32,34)/t;;17-,18+;. The van der Waals surface area contributed by atoms with Crippen molar-refractivity contribution in [3.8, 4) is 90.5 Å². The fourth-order valence-electron chi connectivity index (χ4n) is 19.6. The van der Waals surface area contributed by atoms with Crippen LogP contribution in [-0.2, 0) is 32.7 Å². The van der Waals surface area contributed by atoms with Gasteiger partial charge < -0.3 is 89.0 Å². The summed E-state index contributed by atoms with van der Waals surface area (Å²) in [6.07, 6.45) is 4.74. The van der Waals surface area contributed by atoms with Gasteiger partial charge in [0.15, 0.2) is 81.0 Å². The van der Waals surface area contributed by atoms with Crippen molar-refractivity contribution in [2.45, 2.75) is 84.3 Å². The number of hydrogen-bond acceptors (Lipinski definition) is 23. The van der Waals surface area contributed by atoms with Crippen LogP contribution in [0.25, 0.3) is 44.5 Å². The lowest BCUT2D eigenvalue weighted by atomic mass is 9.98. The van der Waals surface area contributed by atoms with Crippen molar-refractivity contribution in [2.24, 2.45) is 20.0 Å². The SMILES string of the molecule is COc1cc(OC)c(F)c(-c2ccc3c(c2)CN=C3NC(=O)c2ccc(CN3CCN(C)CC3)cc2)c1F.COc1cc(OC)c(F)c(-c2ccc3c(c2)CN=C3NC(=O)c2ccc(N3CCCCC3)cc2)c1F.COc1cc(OC)c(F)c(-c2ccc3c(c2)CN=C3NC(=O)c2ccc(N3CCCN(C)CC3)cc2)c1F.COc1cc(OC)c(F)c(-c2ccc3c(c2)CN=C3NC(=O)c2ccc(N3C[C@@H](C)N[C@@H](C)C3)cc2)c1. The molecule has 20 rings (SSSR count). The maximum Gasteiger partial charge on any atom is 0.256 e. The van der Waals surface area contributed by atoms with E-state index in [1.54, 1.807) is 60.7 Å². The second-order valence-corrected chi connectivity index (χ2v) is 37.5. The molecule has 5 N–H and O–H groups in total. The van der Waals surface area contributed by atoms with E-state index in [-0.39, 0.29) is 100 Å². The highest BCUT2D eigenvalue weighted by atomic mass is 19.2. The number of carbonyl (C=O) groups is 4. The van der Waals surface area contributed by atoms with Crippen molar-refractivity contribution in [3.05, 3.63) is 313 Å². The monoisotopic (exact) mass is 2030 g/mol. The van der Waals surface area contributed by atoms with Gasteiger partial charge in [0, 0.05) is 182 Å². The highest BCUT2D eigenvalue weighted by Gasteiger charge is 2.33. The van der Waals surface area contributed by atoms with E-state index in [9.17, 15) is 49.9 Å². The normalized spacial score (nSPS) is 16.2. The van der Waals surface area contributed by atoms with Crippen molar-refractivity contribution in [3.63, 3.8) is 0 Å². The van der Waals surface area contributed by atoms with E-state index in [1.165, 1.54) is 100 Å². The number of fused-ring (bicyclic) bond motifs is 4. The van der Waals surface area contributed by atoms with Gasteiger partial charge in [0.25, 0.3) is 23.6 Å². The first-order valence-electron chi connectivity index (χ1n) is 49.3. The molecule has 12 aromatic rings. The van der Waals surface area contributed by atoms with Crippen molar-refractivity contribution in [1.29, 1.82) is 0 Å². The number of piperidine rings is 1. The first-order valence-corrected chi connectivity index (χ1v) is 49.3. The van der Waals surface area contributed by atoms with Crippen LogP contribution in [0.5, 0.6) is 46.0 Å². The van der Waals surface area contributed by atoms with Crippen LogP contribution in [0.1, 0.15) is 131 Å². The Balaban J connectivity index is 0.000000135. The van der Waals surface area contributed by atoms with Crippen molar-refractivity contribution < 1.29 is 87.8 Å². The number of ether oxygens (including phenoxy) is 8. The molecule has 8 aliphatic rings. The Morgan fingerprint density at radius 1 is 0.309 bits per heavy atom. The number of piperazine rings is 2. The van der Waals surface area contributed by atoms with E-state index < -0.39 is 40.7 Å². The largest absolute Gasteiger partial charge is 0.497 e. The number of benzene rings is 12. The Bertz CT molecular complexity index is 7050. The molecule has 12 aromatic carbocycles. The van der Waals surface area contributed by atoms with Gasteiger partial charge in [-0.1, -0.05) is 60.7 Å². The molecule has 27 nitrogen and oxygen atoms in total. The van der Waals surface area contributed by atoms with Crippen LogP contribution in [0, 0.1) is 40.7 Å². The summed E-state index contributed by atoms with van der Waals surface area (Å²) < 4.78 is 146. The van der Waals surface area contributed by atoms with Gasteiger partial charge >= 0.3 is 0 Å². The van der Waals surface area contributed by atoms with Crippen LogP contribution in [0.2, 0.25) is 0 Å². The zero-order valence-corrected chi connectivity index (χ0v) is 85.1. The molecule has 149 heavy (non-hydrogen) atoms. The summed E-state index contributed by atoms with van der Waals surface area (Å²) in [4.78, 5) is 83.7. The number of methoxy groups -OCH3 is 8. The second-order valence-electron chi connectivity index (χ2n) is 37.5. The number of anilines is 3. The molecular weight excluding hydrogens is 1920 g/mol. The summed E-state index contributed by atoms with van der Waals surface area (Å²) >= 11 is 0. The first-order chi connectivity index (χ1) is 72.1. The van der Waals surface area contributed by atoms with Crippen LogP contribution >= 0.6 is 0 Å². The summed E-state index contributed by atoms with van der Waals surface area (Å²) in [7, 11) is 15.1. The third kappa shape index (κ3) is 23.5. The molecule has 0 unspecified atom stereocenters. The van der Waals surface area contributed by atoms with Crippen molar-refractivity contribution in [2.75, 3.05) is 164 Å². The molecular formula is C115H118F7N15O12. The van der Waals surface area contributed by atoms with Gasteiger partial charge in [-0.25, -0.2) is 30.7 Å². The molecule has 0 aromatic heterocycles. The summed E-state index contributed by atoms with van der Waals surface area (Å²) in [5.74, 6) is -4.56. The zero-order chi connectivity index (χ0) is 105. The minimum atomic E-state index is -0.811. The lowest BCUT2D eigenvalue weighted by Gasteiger charge is -2.37. The Hall–Kier alpha value is -15.7. The highest BCUT2D eigenvalue weighted by Crippen LogP contribution is 2.45. The van der Waals surface area contributed by atoms with E-state index in [4.69, 9.17) is 37.9 Å². The summed E-state index contributed by atoms with van der Waals surface area (Å²) in [5, 5.41) is 15.1. The van der Waals surface area contributed by atoms with Crippen LogP contribution in [0.4, 0.5) is 47.8 Å². The van der Waals surface area contributed by atoms with Crippen molar-refractivity contribution in [1.82, 2.24) is 41.3 Å². The Morgan fingerprint density at radius 2 is 0.611 bits per heavy atom. The predicted molar refractivity (Wildman–Crippen MR) is 564 cm³/mol. The number of rotatable bonds is 21. The molecule has 0 aliphatic carbocycles.